The molecule has 128 valence electrons. The highest BCUT2D eigenvalue weighted by Crippen LogP contribution is 2.28. The van der Waals surface area contributed by atoms with Crippen molar-refractivity contribution in [3.8, 4) is 11.3 Å². The van der Waals surface area contributed by atoms with Gasteiger partial charge in [-0.2, -0.15) is 0 Å². The fourth-order valence-electron chi connectivity index (χ4n) is 2.76. The maximum Gasteiger partial charge on any atom is 0.220 e. The Morgan fingerprint density at radius 2 is 1.62 bits per heavy atom. The van der Waals surface area contributed by atoms with Crippen LogP contribution in [0.4, 0.5) is 5.95 Å². The van der Waals surface area contributed by atoms with Gasteiger partial charge in [0.25, 0.3) is 0 Å². The highest BCUT2D eigenvalue weighted by molar-refractivity contribution is 6.34. The van der Waals surface area contributed by atoms with Crippen LogP contribution in [0.15, 0.2) is 54.6 Å². The summed E-state index contributed by atoms with van der Waals surface area (Å²) in [6.45, 7) is 0. The summed E-state index contributed by atoms with van der Waals surface area (Å²) in [6.07, 6.45) is 0.604. The van der Waals surface area contributed by atoms with Crippen molar-refractivity contribution < 1.29 is 0 Å². The second kappa shape index (κ2) is 6.86. The smallest absolute Gasteiger partial charge is 0.220 e. The van der Waals surface area contributed by atoms with Crippen molar-refractivity contribution in [3.63, 3.8) is 0 Å². The normalized spacial score (nSPS) is 11.0. The molecule has 4 rings (SSSR count). The summed E-state index contributed by atoms with van der Waals surface area (Å²) in [4.78, 5) is 17.5. The SMILES string of the molecule is Nc1nc(Cc2ccccc2)c2nc(-c3ccc(Cl)nc3Cl)ccc2n1. The van der Waals surface area contributed by atoms with Crippen LogP contribution in [-0.2, 0) is 6.42 Å². The number of anilines is 1. The molecule has 0 radical (unpaired) electrons. The molecule has 0 amide bonds. The maximum atomic E-state index is 6.22. The van der Waals surface area contributed by atoms with E-state index in [1.54, 1.807) is 12.1 Å². The quantitative estimate of drug-likeness (QED) is 0.526. The molecule has 0 saturated carbocycles. The van der Waals surface area contributed by atoms with Crippen molar-refractivity contribution in [2.75, 3.05) is 5.73 Å². The predicted molar refractivity (Wildman–Crippen MR) is 104 cm³/mol. The van der Waals surface area contributed by atoms with Gasteiger partial charge < -0.3 is 5.73 Å². The van der Waals surface area contributed by atoms with E-state index in [1.807, 2.05) is 42.5 Å². The fraction of sp³-hybridized carbons (Fsp3) is 0.0526. The molecule has 2 N–H and O–H groups in total. The number of rotatable bonds is 3. The van der Waals surface area contributed by atoms with E-state index in [0.29, 0.717) is 39.0 Å². The summed E-state index contributed by atoms with van der Waals surface area (Å²) in [5.74, 6) is 0.226. The van der Waals surface area contributed by atoms with Gasteiger partial charge in [-0.05, 0) is 29.8 Å². The van der Waals surface area contributed by atoms with E-state index in [9.17, 15) is 0 Å². The van der Waals surface area contributed by atoms with Crippen LogP contribution in [0.5, 0.6) is 0 Å². The van der Waals surface area contributed by atoms with Gasteiger partial charge in [0.2, 0.25) is 5.95 Å². The Morgan fingerprint density at radius 1 is 0.808 bits per heavy atom. The third kappa shape index (κ3) is 3.31. The van der Waals surface area contributed by atoms with E-state index in [1.165, 1.54) is 0 Å². The largest absolute Gasteiger partial charge is 0.368 e. The molecule has 3 aromatic heterocycles. The molecular weight excluding hydrogens is 369 g/mol. The molecule has 0 aliphatic carbocycles. The molecular formula is C19H13Cl2N5. The van der Waals surface area contributed by atoms with Crippen molar-refractivity contribution in [2.24, 2.45) is 0 Å². The number of pyridine rings is 2. The molecule has 0 aliphatic rings. The van der Waals surface area contributed by atoms with Gasteiger partial charge >= 0.3 is 0 Å². The van der Waals surface area contributed by atoms with Crippen molar-refractivity contribution >= 4 is 40.2 Å². The number of aromatic nitrogens is 4. The summed E-state index contributed by atoms with van der Waals surface area (Å²) in [6, 6.07) is 17.2. The third-order valence-electron chi connectivity index (χ3n) is 3.94. The summed E-state index contributed by atoms with van der Waals surface area (Å²) >= 11 is 12.1. The Morgan fingerprint density at radius 3 is 2.38 bits per heavy atom. The molecule has 0 aliphatic heterocycles. The van der Waals surface area contributed by atoms with Crippen LogP contribution in [0.1, 0.15) is 11.3 Å². The van der Waals surface area contributed by atoms with E-state index in [-0.39, 0.29) is 5.95 Å². The lowest BCUT2D eigenvalue weighted by Crippen LogP contribution is -2.03. The van der Waals surface area contributed by atoms with Gasteiger partial charge in [0.1, 0.15) is 15.8 Å². The molecule has 0 unspecified atom stereocenters. The fourth-order valence-corrected chi connectivity index (χ4v) is 3.20. The molecule has 4 aromatic rings. The minimum Gasteiger partial charge on any atom is -0.368 e. The Balaban J connectivity index is 1.86. The molecule has 7 heteroatoms. The number of hydrogen-bond acceptors (Lipinski definition) is 5. The molecule has 1 aromatic carbocycles. The van der Waals surface area contributed by atoms with Crippen LogP contribution in [0.2, 0.25) is 10.3 Å². The summed E-state index contributed by atoms with van der Waals surface area (Å²) in [7, 11) is 0. The molecule has 0 atom stereocenters. The summed E-state index contributed by atoms with van der Waals surface area (Å²) in [5, 5.41) is 0.630. The van der Waals surface area contributed by atoms with Crippen LogP contribution in [0.25, 0.3) is 22.3 Å². The molecule has 0 bridgehead atoms. The number of benzene rings is 1. The van der Waals surface area contributed by atoms with Crippen molar-refractivity contribution in [2.45, 2.75) is 6.42 Å². The highest BCUT2D eigenvalue weighted by Gasteiger charge is 2.13. The first-order chi connectivity index (χ1) is 12.6. The lowest BCUT2D eigenvalue weighted by Gasteiger charge is -2.09. The zero-order chi connectivity index (χ0) is 18.1. The van der Waals surface area contributed by atoms with Crippen LogP contribution in [-0.4, -0.2) is 19.9 Å². The van der Waals surface area contributed by atoms with E-state index in [0.717, 1.165) is 11.3 Å². The van der Waals surface area contributed by atoms with Crippen molar-refractivity contribution in [1.29, 1.82) is 0 Å². The van der Waals surface area contributed by atoms with Gasteiger partial charge in [-0.1, -0.05) is 53.5 Å². The van der Waals surface area contributed by atoms with E-state index < -0.39 is 0 Å². The number of fused-ring (bicyclic) bond motifs is 1. The Kier molecular flexibility index (Phi) is 4.41. The van der Waals surface area contributed by atoms with Crippen LogP contribution >= 0.6 is 23.2 Å². The monoisotopic (exact) mass is 381 g/mol. The third-order valence-corrected chi connectivity index (χ3v) is 4.44. The van der Waals surface area contributed by atoms with Gasteiger partial charge in [-0.3, -0.25) is 0 Å². The number of nitrogens with zero attached hydrogens (tertiary/aromatic N) is 4. The molecule has 26 heavy (non-hydrogen) atoms. The van der Waals surface area contributed by atoms with Crippen LogP contribution < -0.4 is 5.73 Å². The second-order valence-electron chi connectivity index (χ2n) is 5.73. The van der Waals surface area contributed by atoms with E-state index in [4.69, 9.17) is 33.9 Å². The Labute approximate surface area is 159 Å². The number of nitrogens with two attached hydrogens (primary N) is 1. The van der Waals surface area contributed by atoms with E-state index in [2.05, 4.69) is 15.0 Å². The number of halogens is 2. The minimum atomic E-state index is 0.226. The lowest BCUT2D eigenvalue weighted by atomic mass is 10.1. The predicted octanol–water partition coefficient (Wildman–Crippen LogP) is 4.57. The summed E-state index contributed by atoms with van der Waals surface area (Å²) < 4.78 is 0. The second-order valence-corrected chi connectivity index (χ2v) is 6.47. The van der Waals surface area contributed by atoms with Crippen molar-refractivity contribution in [1.82, 2.24) is 19.9 Å². The number of hydrogen-bond donors (Lipinski definition) is 1. The molecule has 5 nitrogen and oxygen atoms in total. The molecule has 0 spiro atoms. The van der Waals surface area contributed by atoms with Gasteiger partial charge in [-0.25, -0.2) is 19.9 Å². The Hall–Kier alpha value is -2.76. The highest BCUT2D eigenvalue weighted by atomic mass is 35.5. The van der Waals surface area contributed by atoms with E-state index >= 15 is 0 Å². The Bertz CT molecular complexity index is 1100. The average Bonchev–Trinajstić information content (AvgIpc) is 2.62. The minimum absolute atomic E-state index is 0.226. The number of nitrogen functional groups attached to an aromatic ring is 1. The van der Waals surface area contributed by atoms with Crippen LogP contribution in [0.3, 0.4) is 0 Å². The molecule has 0 saturated heterocycles. The topological polar surface area (TPSA) is 77.6 Å². The molecule has 3 heterocycles. The first-order valence-electron chi connectivity index (χ1n) is 7.89. The van der Waals surface area contributed by atoms with Gasteiger partial charge in [0, 0.05) is 12.0 Å². The van der Waals surface area contributed by atoms with Gasteiger partial charge in [0.15, 0.2) is 0 Å². The standard InChI is InChI=1S/C19H13Cl2N5/c20-16-9-6-12(18(21)26-16)13-7-8-14-17(23-13)15(25-19(22)24-14)10-11-4-2-1-3-5-11/h1-9H,10H2,(H2,22,24,25). The van der Waals surface area contributed by atoms with Gasteiger partial charge in [-0.15, -0.1) is 0 Å². The first kappa shape index (κ1) is 16.7. The summed E-state index contributed by atoms with van der Waals surface area (Å²) in [5.41, 5.74) is 10.5. The zero-order valence-corrected chi connectivity index (χ0v) is 15.0. The average molecular weight is 382 g/mol. The maximum absolute atomic E-state index is 6.22. The molecule has 0 fully saturated rings. The zero-order valence-electron chi connectivity index (χ0n) is 13.5. The van der Waals surface area contributed by atoms with Crippen LogP contribution in [0, 0.1) is 0 Å². The first-order valence-corrected chi connectivity index (χ1v) is 8.65. The lowest BCUT2D eigenvalue weighted by molar-refractivity contribution is 1.06. The van der Waals surface area contributed by atoms with Crippen molar-refractivity contribution in [3.05, 3.63) is 76.2 Å². The van der Waals surface area contributed by atoms with Gasteiger partial charge in [0.05, 0.1) is 16.9 Å².